The molecule has 6 heteroatoms. The van der Waals surface area contributed by atoms with Crippen LogP contribution in [0.2, 0.25) is 0 Å². The number of rotatable bonds is 5. The third-order valence-electron chi connectivity index (χ3n) is 8.12. The zero-order valence-corrected chi connectivity index (χ0v) is 16.9. The number of nitrogens with one attached hydrogen (secondary N) is 1. The van der Waals surface area contributed by atoms with Crippen LogP contribution in [-0.4, -0.2) is 37.1 Å². The Kier molecular flexibility index (Phi) is 4.49. The molecule has 0 aromatic heterocycles. The van der Waals surface area contributed by atoms with E-state index in [1.165, 1.54) is 38.5 Å². The second-order valence-electron chi connectivity index (χ2n) is 9.96. The summed E-state index contributed by atoms with van der Waals surface area (Å²) < 4.78 is 0. The third kappa shape index (κ3) is 3.15. The zero-order valence-electron chi connectivity index (χ0n) is 16.9. The maximum absolute atomic E-state index is 11.7. The molecule has 5 fully saturated rings. The van der Waals surface area contributed by atoms with E-state index in [4.69, 9.17) is 0 Å². The molecule has 1 heterocycles. The molecule has 0 unspecified atom stereocenters. The number of anilines is 2. The van der Waals surface area contributed by atoms with Crippen molar-refractivity contribution in [3.63, 3.8) is 0 Å². The summed E-state index contributed by atoms with van der Waals surface area (Å²) in [4.78, 5) is 13.8. The van der Waals surface area contributed by atoms with Gasteiger partial charge in [-0.3, -0.25) is 10.1 Å². The smallest absolute Gasteiger partial charge is 0.292 e. The number of quaternary nitrogens is 1. The first-order valence-electron chi connectivity index (χ1n) is 11.1. The van der Waals surface area contributed by atoms with Gasteiger partial charge in [-0.15, -0.1) is 0 Å². The number of hydrogen-bond donors (Lipinski definition) is 2. The van der Waals surface area contributed by atoms with Crippen molar-refractivity contribution < 1.29 is 10.2 Å². The van der Waals surface area contributed by atoms with Crippen molar-refractivity contribution in [2.24, 2.45) is 23.2 Å². The van der Waals surface area contributed by atoms with Gasteiger partial charge < -0.3 is 15.5 Å². The molecule has 3 N–H and O–H groups in total. The van der Waals surface area contributed by atoms with Gasteiger partial charge in [0.1, 0.15) is 5.69 Å². The normalized spacial score (nSPS) is 35.0. The lowest BCUT2D eigenvalue weighted by Crippen LogP contribution is -2.89. The molecule has 1 aromatic carbocycles. The van der Waals surface area contributed by atoms with E-state index in [1.54, 1.807) is 6.07 Å². The van der Waals surface area contributed by atoms with Gasteiger partial charge in [-0.25, -0.2) is 0 Å². The standard InChI is InChI=1S/C22H32N4O2/c1-15(22-12-16-8-17(13-22)10-18(9-16)14-22)24-20-11-19(2-3-21(20)26(27)28)25-6-4-23-5-7-25/h2-3,11,15-18,23-24H,4-10,12-14H2,1H3/p+1/t15-,16?,17?,18?,22?/m1/s1. The maximum Gasteiger partial charge on any atom is 0.292 e. The van der Waals surface area contributed by atoms with Crippen LogP contribution >= 0.6 is 0 Å². The molecule has 4 saturated carbocycles. The van der Waals surface area contributed by atoms with Crippen molar-refractivity contribution in [2.45, 2.75) is 51.5 Å². The van der Waals surface area contributed by atoms with Crippen LogP contribution in [0.5, 0.6) is 0 Å². The van der Waals surface area contributed by atoms with Gasteiger partial charge in [0.15, 0.2) is 0 Å². The van der Waals surface area contributed by atoms with Crippen LogP contribution in [0.25, 0.3) is 0 Å². The van der Waals surface area contributed by atoms with E-state index in [9.17, 15) is 10.1 Å². The van der Waals surface area contributed by atoms with Crippen molar-refractivity contribution in [3.05, 3.63) is 28.3 Å². The van der Waals surface area contributed by atoms with Crippen LogP contribution in [-0.2, 0) is 0 Å². The molecular formula is C22H33N4O2+. The SMILES string of the molecule is C[C@@H](Nc1cc(N2CC[NH2+]CC2)ccc1[N+](=O)[O-])C12CC3CC(CC(C3)C1)C2. The third-order valence-corrected chi connectivity index (χ3v) is 8.12. The van der Waals surface area contributed by atoms with E-state index in [1.807, 2.05) is 12.1 Å². The molecule has 6 rings (SSSR count). The quantitative estimate of drug-likeness (QED) is 0.604. The Bertz CT molecular complexity index is 724. The highest BCUT2D eigenvalue weighted by molar-refractivity contribution is 5.69. The Morgan fingerprint density at radius 2 is 1.75 bits per heavy atom. The minimum atomic E-state index is -0.234. The number of nitrogens with two attached hydrogens (primary N) is 1. The lowest BCUT2D eigenvalue weighted by molar-refractivity contribution is -0.655. The van der Waals surface area contributed by atoms with Crippen molar-refractivity contribution in [2.75, 3.05) is 36.4 Å². The van der Waals surface area contributed by atoms with Crippen LogP contribution in [0.4, 0.5) is 17.1 Å². The Hall–Kier alpha value is -1.82. The minimum Gasteiger partial charge on any atom is -0.376 e. The Morgan fingerprint density at radius 1 is 1.14 bits per heavy atom. The Balaban J connectivity index is 1.41. The fourth-order valence-electron chi connectivity index (χ4n) is 7.10. The minimum absolute atomic E-state index is 0.212. The Morgan fingerprint density at radius 3 is 2.32 bits per heavy atom. The van der Waals surface area contributed by atoms with Crippen LogP contribution < -0.4 is 15.5 Å². The predicted molar refractivity (Wildman–Crippen MR) is 111 cm³/mol. The van der Waals surface area contributed by atoms with Gasteiger partial charge in [0.05, 0.1) is 31.1 Å². The maximum atomic E-state index is 11.7. The van der Waals surface area contributed by atoms with E-state index >= 15 is 0 Å². The summed E-state index contributed by atoms with van der Waals surface area (Å²) in [5.74, 6) is 2.67. The molecule has 6 nitrogen and oxygen atoms in total. The van der Waals surface area contributed by atoms with E-state index < -0.39 is 0 Å². The van der Waals surface area contributed by atoms with Crippen LogP contribution in [0, 0.1) is 33.3 Å². The highest BCUT2D eigenvalue weighted by Crippen LogP contribution is 2.61. The van der Waals surface area contributed by atoms with Gasteiger partial charge in [-0.2, -0.15) is 0 Å². The average molecular weight is 386 g/mol. The second-order valence-corrected chi connectivity index (χ2v) is 9.96. The highest BCUT2D eigenvalue weighted by Gasteiger charge is 2.53. The lowest BCUT2D eigenvalue weighted by Gasteiger charge is -2.59. The van der Waals surface area contributed by atoms with Crippen molar-refractivity contribution in [1.29, 1.82) is 0 Å². The van der Waals surface area contributed by atoms with Crippen molar-refractivity contribution in [3.8, 4) is 0 Å². The van der Waals surface area contributed by atoms with Crippen LogP contribution in [0.1, 0.15) is 45.4 Å². The molecule has 28 heavy (non-hydrogen) atoms. The van der Waals surface area contributed by atoms with Gasteiger partial charge in [0, 0.05) is 17.8 Å². The van der Waals surface area contributed by atoms with E-state index in [-0.39, 0.29) is 16.7 Å². The highest BCUT2D eigenvalue weighted by atomic mass is 16.6. The number of hydrogen-bond acceptors (Lipinski definition) is 4. The summed E-state index contributed by atoms with van der Waals surface area (Å²) >= 11 is 0. The zero-order chi connectivity index (χ0) is 19.3. The summed E-state index contributed by atoms with van der Waals surface area (Å²) in [5.41, 5.74) is 2.36. The fraction of sp³-hybridized carbons (Fsp3) is 0.727. The largest absolute Gasteiger partial charge is 0.376 e. The van der Waals surface area contributed by atoms with E-state index in [0.717, 1.165) is 49.6 Å². The summed E-state index contributed by atoms with van der Waals surface area (Å²) in [6.07, 6.45) is 8.20. The van der Waals surface area contributed by atoms with Gasteiger partial charge >= 0.3 is 0 Å². The predicted octanol–water partition coefficient (Wildman–Crippen LogP) is 3.00. The topological polar surface area (TPSA) is 75.0 Å². The van der Waals surface area contributed by atoms with Crippen molar-refractivity contribution >= 4 is 17.1 Å². The molecular weight excluding hydrogens is 352 g/mol. The summed E-state index contributed by atoms with van der Waals surface area (Å²) in [6.45, 7) is 6.45. The molecule has 5 aliphatic rings. The molecule has 0 amide bonds. The summed E-state index contributed by atoms with van der Waals surface area (Å²) in [5, 5.41) is 17.7. The summed E-state index contributed by atoms with van der Waals surface area (Å²) in [7, 11) is 0. The number of benzene rings is 1. The van der Waals surface area contributed by atoms with E-state index in [0.29, 0.717) is 11.1 Å². The summed E-state index contributed by atoms with van der Waals surface area (Å²) in [6, 6.07) is 5.93. The van der Waals surface area contributed by atoms with Crippen LogP contribution in [0.15, 0.2) is 18.2 Å². The van der Waals surface area contributed by atoms with Gasteiger partial charge in [0.25, 0.3) is 5.69 Å². The monoisotopic (exact) mass is 385 g/mol. The number of nitro benzene ring substituents is 1. The molecule has 0 radical (unpaired) electrons. The molecule has 152 valence electrons. The van der Waals surface area contributed by atoms with Gasteiger partial charge in [0.2, 0.25) is 0 Å². The molecule has 4 bridgehead atoms. The van der Waals surface area contributed by atoms with Gasteiger partial charge in [-0.1, -0.05) is 0 Å². The molecule has 1 aliphatic heterocycles. The average Bonchev–Trinajstić information content (AvgIpc) is 2.67. The van der Waals surface area contributed by atoms with E-state index in [2.05, 4.69) is 22.5 Å². The fourth-order valence-corrected chi connectivity index (χ4v) is 7.10. The molecule has 1 atom stereocenters. The molecule has 4 aliphatic carbocycles. The van der Waals surface area contributed by atoms with Gasteiger partial charge in [-0.05, 0) is 80.8 Å². The Labute approximate surface area is 167 Å². The molecule has 1 aromatic rings. The van der Waals surface area contributed by atoms with Crippen molar-refractivity contribution in [1.82, 2.24) is 0 Å². The number of nitro groups is 1. The number of nitrogens with zero attached hydrogens (tertiary/aromatic N) is 2. The number of piperazine rings is 1. The second kappa shape index (κ2) is 6.90. The molecule has 1 saturated heterocycles. The first kappa shape index (κ1) is 18.2. The first-order valence-corrected chi connectivity index (χ1v) is 11.1. The molecule has 0 spiro atoms. The lowest BCUT2D eigenvalue weighted by atomic mass is 9.48. The first-order chi connectivity index (χ1) is 13.5. The van der Waals surface area contributed by atoms with Crippen LogP contribution in [0.3, 0.4) is 0 Å².